The van der Waals surface area contributed by atoms with E-state index in [1.54, 1.807) is 17.6 Å². The minimum Gasteiger partial charge on any atom is -0.468 e. The first-order chi connectivity index (χ1) is 8.38. The molecule has 0 saturated carbocycles. The summed E-state index contributed by atoms with van der Waals surface area (Å²) in [5.41, 5.74) is 5.33. The summed E-state index contributed by atoms with van der Waals surface area (Å²) in [6.07, 6.45) is 1.71. The van der Waals surface area contributed by atoms with Crippen LogP contribution in [0.4, 0.5) is 0 Å². The van der Waals surface area contributed by atoms with Crippen molar-refractivity contribution in [3.05, 3.63) is 46.0 Å². The third kappa shape index (κ3) is 3.97. The lowest BCUT2D eigenvalue weighted by atomic mass is 10.4. The minimum absolute atomic E-state index is 0.417. The number of furan rings is 1. The average molecular weight is 263 g/mol. The van der Waals surface area contributed by atoms with Gasteiger partial charge >= 0.3 is 0 Å². The van der Waals surface area contributed by atoms with E-state index in [0.717, 1.165) is 22.1 Å². The number of hydrogen-bond donors (Lipinski definition) is 1. The highest BCUT2D eigenvalue weighted by molar-refractivity contribution is 7.97. The van der Waals surface area contributed by atoms with Gasteiger partial charge in [-0.25, -0.2) is 0 Å². The predicted molar refractivity (Wildman–Crippen MR) is 74.0 cm³/mol. The van der Waals surface area contributed by atoms with Crippen molar-refractivity contribution in [3.63, 3.8) is 0 Å². The molecule has 2 nitrogen and oxygen atoms in total. The van der Waals surface area contributed by atoms with Gasteiger partial charge in [0.2, 0.25) is 0 Å². The predicted octanol–water partition coefficient (Wildman–Crippen LogP) is 3.08. The van der Waals surface area contributed by atoms with Crippen molar-refractivity contribution in [1.29, 1.82) is 0 Å². The number of thioether (sulfide) groups is 1. The third-order valence-corrected chi connectivity index (χ3v) is 4.23. The monoisotopic (exact) mass is 263 g/mol. The van der Waals surface area contributed by atoms with Crippen LogP contribution in [0.1, 0.15) is 15.5 Å². The van der Waals surface area contributed by atoms with Crippen molar-refractivity contribution in [2.75, 3.05) is 6.54 Å². The largest absolute Gasteiger partial charge is 0.468 e. The van der Waals surface area contributed by atoms with Crippen LogP contribution in [-0.4, -0.2) is 6.54 Å². The molecule has 2 aromatic heterocycles. The van der Waals surface area contributed by atoms with E-state index in [1.807, 2.05) is 23.9 Å². The van der Waals surface area contributed by atoms with Crippen LogP contribution in [0.15, 0.2) is 34.9 Å². The molecule has 0 aliphatic rings. The van der Waals surface area contributed by atoms with Crippen LogP contribution < -0.4 is 5.73 Å². The Morgan fingerprint density at radius 3 is 3.00 bits per heavy atom. The van der Waals surface area contributed by atoms with Gasteiger partial charge in [0.25, 0.3) is 0 Å². The van der Waals surface area contributed by atoms with Crippen LogP contribution >= 0.6 is 23.1 Å². The summed E-state index contributed by atoms with van der Waals surface area (Å²) in [5, 5.41) is 0. The Morgan fingerprint density at radius 1 is 1.29 bits per heavy atom. The summed E-state index contributed by atoms with van der Waals surface area (Å²) in [6, 6.07) is 8.09. The third-order valence-electron chi connectivity index (χ3n) is 2.04. The molecule has 0 aliphatic carbocycles. The van der Waals surface area contributed by atoms with E-state index < -0.39 is 0 Å². The van der Waals surface area contributed by atoms with Crippen molar-refractivity contribution in [1.82, 2.24) is 0 Å². The van der Waals surface area contributed by atoms with Gasteiger partial charge in [0.05, 0.1) is 23.4 Å². The van der Waals surface area contributed by atoms with Gasteiger partial charge in [-0.1, -0.05) is 11.8 Å². The lowest BCUT2D eigenvalue weighted by Gasteiger charge is -1.95. The molecule has 0 atom stereocenters. The molecule has 0 unspecified atom stereocenters. The van der Waals surface area contributed by atoms with Crippen LogP contribution in [0.3, 0.4) is 0 Å². The van der Waals surface area contributed by atoms with E-state index in [0.29, 0.717) is 6.54 Å². The van der Waals surface area contributed by atoms with E-state index >= 15 is 0 Å². The zero-order valence-electron chi connectivity index (χ0n) is 9.31. The highest BCUT2D eigenvalue weighted by Gasteiger charge is 2.00. The average Bonchev–Trinajstić information content (AvgIpc) is 2.98. The lowest BCUT2D eigenvalue weighted by Crippen LogP contribution is -1.92. The van der Waals surface area contributed by atoms with E-state index in [2.05, 4.69) is 24.0 Å². The molecule has 2 rings (SSSR count). The summed E-state index contributed by atoms with van der Waals surface area (Å²) in [4.78, 5) is 2.42. The fourth-order valence-corrected chi connectivity index (χ4v) is 3.24. The molecule has 0 bridgehead atoms. The van der Waals surface area contributed by atoms with Crippen LogP contribution in [-0.2, 0) is 11.5 Å². The van der Waals surface area contributed by atoms with E-state index in [4.69, 9.17) is 10.2 Å². The molecule has 17 heavy (non-hydrogen) atoms. The van der Waals surface area contributed by atoms with E-state index in [9.17, 15) is 0 Å². The van der Waals surface area contributed by atoms with Gasteiger partial charge < -0.3 is 10.2 Å². The Labute approximate surface area is 109 Å². The molecule has 2 aromatic rings. The van der Waals surface area contributed by atoms with Gasteiger partial charge in [0, 0.05) is 10.6 Å². The van der Waals surface area contributed by atoms with Gasteiger partial charge in [-0.15, -0.1) is 23.1 Å². The van der Waals surface area contributed by atoms with Crippen LogP contribution in [0.5, 0.6) is 0 Å². The van der Waals surface area contributed by atoms with Crippen LogP contribution in [0.2, 0.25) is 0 Å². The molecule has 0 spiro atoms. The maximum atomic E-state index is 5.33. The summed E-state index contributed by atoms with van der Waals surface area (Å²) < 4.78 is 5.28. The maximum absolute atomic E-state index is 5.33. The van der Waals surface area contributed by atoms with E-state index in [-0.39, 0.29) is 0 Å². The number of rotatable bonds is 4. The first-order valence-electron chi connectivity index (χ1n) is 5.26. The molecule has 0 amide bonds. The molecule has 2 heterocycles. The van der Waals surface area contributed by atoms with Crippen molar-refractivity contribution in [3.8, 4) is 11.8 Å². The SMILES string of the molecule is NCC#Cc1ccc(CSCc2ccco2)s1. The fourth-order valence-electron chi connectivity index (χ4n) is 1.31. The molecule has 4 heteroatoms. The molecule has 0 saturated heterocycles. The minimum atomic E-state index is 0.417. The lowest BCUT2D eigenvalue weighted by molar-refractivity contribution is 0.530. The quantitative estimate of drug-likeness (QED) is 0.862. The normalized spacial score (nSPS) is 9.94. The van der Waals surface area contributed by atoms with E-state index in [1.165, 1.54) is 4.88 Å². The number of hydrogen-bond acceptors (Lipinski definition) is 4. The fraction of sp³-hybridized carbons (Fsp3) is 0.231. The zero-order chi connectivity index (χ0) is 11.9. The molecule has 0 fully saturated rings. The van der Waals surface area contributed by atoms with Crippen molar-refractivity contribution in [2.45, 2.75) is 11.5 Å². The Balaban J connectivity index is 1.81. The van der Waals surface area contributed by atoms with Crippen molar-refractivity contribution < 1.29 is 4.42 Å². The molecule has 0 aliphatic heterocycles. The summed E-state index contributed by atoms with van der Waals surface area (Å²) in [6.45, 7) is 0.417. The summed E-state index contributed by atoms with van der Waals surface area (Å²) in [5.74, 6) is 8.84. The molecular formula is C13H13NOS2. The number of nitrogens with two attached hydrogens (primary N) is 1. The highest BCUT2D eigenvalue weighted by Crippen LogP contribution is 2.23. The summed E-state index contributed by atoms with van der Waals surface area (Å²) in [7, 11) is 0. The van der Waals surface area contributed by atoms with Gasteiger partial charge in [-0.05, 0) is 24.3 Å². The number of thiophene rings is 1. The van der Waals surface area contributed by atoms with Crippen molar-refractivity contribution >= 4 is 23.1 Å². The Bertz CT molecular complexity index is 505. The highest BCUT2D eigenvalue weighted by atomic mass is 32.2. The molecular weight excluding hydrogens is 250 g/mol. The smallest absolute Gasteiger partial charge is 0.113 e. The second-order valence-electron chi connectivity index (χ2n) is 3.34. The van der Waals surface area contributed by atoms with Gasteiger partial charge in [0.15, 0.2) is 0 Å². The Hall–Kier alpha value is -1.15. The Kier molecular flexibility index (Phi) is 4.75. The Morgan fingerprint density at radius 2 is 2.24 bits per heavy atom. The first-order valence-corrected chi connectivity index (χ1v) is 7.23. The van der Waals surface area contributed by atoms with Gasteiger partial charge in [-0.3, -0.25) is 0 Å². The van der Waals surface area contributed by atoms with Crippen LogP contribution in [0.25, 0.3) is 0 Å². The van der Waals surface area contributed by atoms with Gasteiger partial charge in [-0.2, -0.15) is 0 Å². The van der Waals surface area contributed by atoms with Crippen LogP contribution in [0, 0.1) is 11.8 Å². The second-order valence-corrected chi connectivity index (χ2v) is 5.50. The molecule has 0 aromatic carbocycles. The topological polar surface area (TPSA) is 39.2 Å². The molecule has 0 radical (unpaired) electrons. The molecule has 2 N–H and O–H groups in total. The first kappa shape index (κ1) is 12.3. The van der Waals surface area contributed by atoms with Gasteiger partial charge in [0.1, 0.15) is 5.76 Å². The zero-order valence-corrected chi connectivity index (χ0v) is 10.9. The standard InChI is InChI=1S/C13H13NOS2/c14-7-1-4-12-5-6-13(17-12)10-16-9-11-3-2-8-15-11/h2-3,5-6,8H,7,9-10,14H2. The van der Waals surface area contributed by atoms with Crippen molar-refractivity contribution in [2.24, 2.45) is 5.73 Å². The summed E-state index contributed by atoms with van der Waals surface area (Å²) >= 11 is 3.57. The maximum Gasteiger partial charge on any atom is 0.113 e. The second kappa shape index (κ2) is 6.55. The molecule has 88 valence electrons.